The van der Waals surface area contributed by atoms with Crippen molar-refractivity contribution in [3.05, 3.63) is 38.3 Å². The summed E-state index contributed by atoms with van der Waals surface area (Å²) in [4.78, 5) is 21.6. The third-order valence-corrected chi connectivity index (χ3v) is 3.39. The van der Waals surface area contributed by atoms with E-state index in [-0.39, 0.29) is 11.6 Å². The molecule has 0 aromatic heterocycles. The molecule has 0 atom stereocenters. The SMILES string of the molecule is CCNC(=O)CCNCc1cccc([N+](=O)[O-])c1Br. The predicted molar refractivity (Wildman–Crippen MR) is 75.8 cm³/mol. The number of nitro groups is 1. The summed E-state index contributed by atoms with van der Waals surface area (Å²) in [6.45, 7) is 3.49. The second-order valence-corrected chi connectivity index (χ2v) is 4.68. The van der Waals surface area contributed by atoms with Crippen LogP contribution in [0.3, 0.4) is 0 Å². The Bertz CT molecular complexity index is 466. The molecular formula is C12H16BrN3O3. The van der Waals surface area contributed by atoms with E-state index in [1.54, 1.807) is 12.1 Å². The molecule has 19 heavy (non-hydrogen) atoms. The number of halogens is 1. The minimum atomic E-state index is -0.428. The molecule has 104 valence electrons. The van der Waals surface area contributed by atoms with Crippen molar-refractivity contribution in [2.75, 3.05) is 13.1 Å². The molecule has 1 aromatic rings. The van der Waals surface area contributed by atoms with Crippen LogP contribution < -0.4 is 10.6 Å². The summed E-state index contributed by atoms with van der Waals surface area (Å²) in [6.07, 6.45) is 0.389. The van der Waals surface area contributed by atoms with E-state index in [0.29, 0.717) is 30.5 Å². The van der Waals surface area contributed by atoms with Crippen LogP contribution in [-0.4, -0.2) is 23.9 Å². The summed E-state index contributed by atoms with van der Waals surface area (Å²) in [6, 6.07) is 4.89. The zero-order valence-corrected chi connectivity index (χ0v) is 12.2. The number of nitrogens with zero attached hydrogens (tertiary/aromatic N) is 1. The van der Waals surface area contributed by atoms with Gasteiger partial charge in [-0.25, -0.2) is 0 Å². The van der Waals surface area contributed by atoms with Crippen molar-refractivity contribution < 1.29 is 9.72 Å². The molecule has 7 heteroatoms. The maximum Gasteiger partial charge on any atom is 0.283 e. The Morgan fingerprint density at radius 1 is 1.47 bits per heavy atom. The summed E-state index contributed by atoms with van der Waals surface area (Å²) in [5.41, 5.74) is 0.841. The third-order valence-electron chi connectivity index (χ3n) is 2.47. The monoisotopic (exact) mass is 329 g/mol. The molecule has 0 aliphatic carbocycles. The molecule has 0 heterocycles. The van der Waals surface area contributed by atoms with E-state index in [0.717, 1.165) is 5.56 Å². The van der Waals surface area contributed by atoms with Crippen molar-refractivity contribution in [1.29, 1.82) is 0 Å². The summed E-state index contributed by atoms with van der Waals surface area (Å²) >= 11 is 3.23. The lowest BCUT2D eigenvalue weighted by atomic mass is 10.2. The van der Waals surface area contributed by atoms with Gasteiger partial charge in [-0.1, -0.05) is 12.1 Å². The fourth-order valence-electron chi connectivity index (χ4n) is 1.55. The van der Waals surface area contributed by atoms with Gasteiger partial charge in [-0.15, -0.1) is 0 Å². The fraction of sp³-hybridized carbons (Fsp3) is 0.417. The van der Waals surface area contributed by atoms with Gasteiger partial charge in [-0.05, 0) is 28.4 Å². The molecule has 0 unspecified atom stereocenters. The van der Waals surface area contributed by atoms with Crippen LogP contribution >= 0.6 is 15.9 Å². The van der Waals surface area contributed by atoms with E-state index in [2.05, 4.69) is 26.6 Å². The van der Waals surface area contributed by atoms with Crippen LogP contribution in [0.15, 0.2) is 22.7 Å². The highest BCUT2D eigenvalue weighted by atomic mass is 79.9. The molecule has 0 radical (unpaired) electrons. The zero-order chi connectivity index (χ0) is 14.3. The lowest BCUT2D eigenvalue weighted by Crippen LogP contribution is -2.27. The number of nitro benzene ring substituents is 1. The second-order valence-electron chi connectivity index (χ2n) is 3.89. The highest BCUT2D eigenvalue weighted by molar-refractivity contribution is 9.10. The van der Waals surface area contributed by atoms with E-state index in [1.165, 1.54) is 6.07 Å². The minimum absolute atomic E-state index is 0.00638. The van der Waals surface area contributed by atoms with Gasteiger partial charge in [0.1, 0.15) is 0 Å². The Labute approximate surface area is 119 Å². The minimum Gasteiger partial charge on any atom is -0.356 e. The Morgan fingerprint density at radius 2 is 2.21 bits per heavy atom. The van der Waals surface area contributed by atoms with Crippen molar-refractivity contribution in [2.24, 2.45) is 0 Å². The van der Waals surface area contributed by atoms with Gasteiger partial charge < -0.3 is 10.6 Å². The van der Waals surface area contributed by atoms with Crippen molar-refractivity contribution in [3.63, 3.8) is 0 Å². The molecule has 2 N–H and O–H groups in total. The zero-order valence-electron chi connectivity index (χ0n) is 10.6. The van der Waals surface area contributed by atoms with Crippen LogP contribution in [-0.2, 0) is 11.3 Å². The molecule has 0 aliphatic heterocycles. The Balaban J connectivity index is 2.48. The fourth-order valence-corrected chi connectivity index (χ4v) is 2.10. The van der Waals surface area contributed by atoms with Crippen molar-refractivity contribution in [1.82, 2.24) is 10.6 Å². The van der Waals surface area contributed by atoms with Crippen LogP contribution in [0.1, 0.15) is 18.9 Å². The summed E-state index contributed by atoms with van der Waals surface area (Å²) in [7, 11) is 0. The molecule has 0 fully saturated rings. The topological polar surface area (TPSA) is 84.3 Å². The number of carbonyl (C=O) groups excluding carboxylic acids is 1. The average molecular weight is 330 g/mol. The maximum atomic E-state index is 11.2. The quantitative estimate of drug-likeness (QED) is 0.455. The van der Waals surface area contributed by atoms with Gasteiger partial charge in [-0.2, -0.15) is 0 Å². The highest BCUT2D eigenvalue weighted by Gasteiger charge is 2.14. The largest absolute Gasteiger partial charge is 0.356 e. The smallest absolute Gasteiger partial charge is 0.283 e. The molecule has 1 amide bonds. The number of carbonyl (C=O) groups is 1. The van der Waals surface area contributed by atoms with E-state index in [9.17, 15) is 14.9 Å². The number of nitrogens with one attached hydrogen (secondary N) is 2. The van der Waals surface area contributed by atoms with Gasteiger partial charge >= 0.3 is 0 Å². The van der Waals surface area contributed by atoms with Gasteiger partial charge in [-0.3, -0.25) is 14.9 Å². The molecular weight excluding hydrogens is 314 g/mol. The number of hydrogen-bond acceptors (Lipinski definition) is 4. The van der Waals surface area contributed by atoms with Gasteiger partial charge in [0.25, 0.3) is 5.69 Å². The van der Waals surface area contributed by atoms with Crippen LogP contribution in [0.25, 0.3) is 0 Å². The molecule has 1 aromatic carbocycles. The number of benzene rings is 1. The van der Waals surface area contributed by atoms with Crippen molar-refractivity contribution in [3.8, 4) is 0 Å². The first kappa shape index (κ1) is 15.6. The molecule has 0 bridgehead atoms. The average Bonchev–Trinajstić information content (AvgIpc) is 2.36. The predicted octanol–water partition coefficient (Wildman–Crippen LogP) is 1.97. The van der Waals surface area contributed by atoms with Crippen LogP contribution in [0.5, 0.6) is 0 Å². The molecule has 6 nitrogen and oxygen atoms in total. The maximum absolute atomic E-state index is 11.2. The van der Waals surface area contributed by atoms with E-state index >= 15 is 0 Å². The highest BCUT2D eigenvalue weighted by Crippen LogP contribution is 2.27. The van der Waals surface area contributed by atoms with Gasteiger partial charge in [0.2, 0.25) is 5.91 Å². The molecule has 0 saturated carbocycles. The van der Waals surface area contributed by atoms with E-state index < -0.39 is 4.92 Å². The molecule has 0 spiro atoms. The first-order valence-corrected chi connectivity index (χ1v) is 6.74. The number of amides is 1. The number of rotatable bonds is 7. The number of hydrogen-bond donors (Lipinski definition) is 2. The second kappa shape index (κ2) is 7.85. The Morgan fingerprint density at radius 3 is 2.84 bits per heavy atom. The molecule has 0 aliphatic rings. The van der Waals surface area contributed by atoms with Crippen LogP contribution in [0, 0.1) is 10.1 Å². The Hall–Kier alpha value is -1.47. The third kappa shape index (κ3) is 4.96. The van der Waals surface area contributed by atoms with Gasteiger partial charge in [0.05, 0.1) is 9.40 Å². The lowest BCUT2D eigenvalue weighted by molar-refractivity contribution is -0.385. The van der Waals surface area contributed by atoms with E-state index in [4.69, 9.17) is 0 Å². The summed E-state index contributed by atoms with van der Waals surface area (Å²) in [5.74, 6) is -0.00638. The lowest BCUT2D eigenvalue weighted by Gasteiger charge is -2.07. The van der Waals surface area contributed by atoms with Crippen LogP contribution in [0.4, 0.5) is 5.69 Å². The summed E-state index contributed by atoms with van der Waals surface area (Å²) in [5, 5.41) is 16.6. The molecule has 1 rings (SSSR count). The Kier molecular flexibility index (Phi) is 6.44. The first-order valence-electron chi connectivity index (χ1n) is 5.95. The van der Waals surface area contributed by atoms with Crippen LogP contribution in [0.2, 0.25) is 0 Å². The normalized spacial score (nSPS) is 10.2. The first-order chi connectivity index (χ1) is 9.06. The summed E-state index contributed by atoms with van der Waals surface area (Å²) < 4.78 is 0.477. The van der Waals surface area contributed by atoms with Crippen molar-refractivity contribution in [2.45, 2.75) is 19.9 Å². The molecule has 0 saturated heterocycles. The van der Waals surface area contributed by atoms with Gasteiger partial charge in [0, 0.05) is 32.1 Å². The van der Waals surface area contributed by atoms with Gasteiger partial charge in [0.15, 0.2) is 0 Å². The standard InChI is InChI=1S/C12H16BrN3O3/c1-2-15-11(17)6-7-14-8-9-4-3-5-10(12(9)13)16(18)19/h3-5,14H,2,6-8H2,1H3,(H,15,17). The van der Waals surface area contributed by atoms with Crippen molar-refractivity contribution >= 4 is 27.5 Å². The van der Waals surface area contributed by atoms with E-state index in [1.807, 2.05) is 6.92 Å².